The highest BCUT2D eigenvalue weighted by molar-refractivity contribution is 7.14. The van der Waals surface area contributed by atoms with Gasteiger partial charge < -0.3 is 20.3 Å². The van der Waals surface area contributed by atoms with E-state index in [4.69, 9.17) is 16.3 Å². The first-order valence-corrected chi connectivity index (χ1v) is 11.3. The number of hydrogen-bond acceptors (Lipinski definition) is 6. The highest BCUT2D eigenvalue weighted by Crippen LogP contribution is 2.39. The van der Waals surface area contributed by atoms with E-state index in [-0.39, 0.29) is 22.7 Å². The quantitative estimate of drug-likeness (QED) is 0.591. The number of nitrogens with zero attached hydrogens (tertiary/aromatic N) is 2. The molecule has 10 heteroatoms. The fraction of sp³-hybridized carbons (Fsp3) is 0.217. The van der Waals surface area contributed by atoms with E-state index >= 15 is 0 Å². The van der Waals surface area contributed by atoms with Gasteiger partial charge in [0.15, 0.2) is 5.01 Å². The smallest absolute Gasteiger partial charge is 0.287 e. The Kier molecular flexibility index (Phi) is 6.35. The van der Waals surface area contributed by atoms with Crippen molar-refractivity contribution in [3.8, 4) is 17.0 Å². The Morgan fingerprint density at radius 2 is 1.73 bits per heavy atom. The summed E-state index contributed by atoms with van der Waals surface area (Å²) >= 11 is 7.67. The number of thiazole rings is 1. The lowest BCUT2D eigenvalue weighted by molar-refractivity contribution is 0.0955. The van der Waals surface area contributed by atoms with Crippen LogP contribution in [0.1, 0.15) is 35.4 Å². The summed E-state index contributed by atoms with van der Waals surface area (Å²) in [6.07, 6.45) is 0.593. The summed E-state index contributed by atoms with van der Waals surface area (Å²) in [7, 11) is 4.72. The molecule has 0 saturated heterocycles. The molecule has 2 N–H and O–H groups in total. The summed E-state index contributed by atoms with van der Waals surface area (Å²) in [6, 6.07) is 9.94. The standard InChI is InChI=1S/C23H21ClN4O4S/c1-25-20(29)12-5-7-16(15(24)10-12)28(3)23(31)22-27-19-14-6-4-13(21(30)26-2)11-17(14)32-9-8-18(19)33-22/h4-7,10-11H,8-9H2,1-3H3,(H,25,29)(H,26,30). The van der Waals surface area contributed by atoms with Crippen LogP contribution in [0.15, 0.2) is 36.4 Å². The second-order valence-electron chi connectivity index (χ2n) is 7.29. The lowest BCUT2D eigenvalue weighted by Crippen LogP contribution is -2.26. The maximum atomic E-state index is 13.2. The molecule has 8 nitrogen and oxygen atoms in total. The van der Waals surface area contributed by atoms with Crippen LogP contribution in [0.2, 0.25) is 5.02 Å². The minimum atomic E-state index is -0.313. The summed E-state index contributed by atoms with van der Waals surface area (Å²) in [6.45, 7) is 0.412. The highest BCUT2D eigenvalue weighted by Gasteiger charge is 2.26. The van der Waals surface area contributed by atoms with Gasteiger partial charge in [-0.2, -0.15) is 0 Å². The molecule has 33 heavy (non-hydrogen) atoms. The molecule has 0 atom stereocenters. The Morgan fingerprint density at radius 1 is 1.06 bits per heavy atom. The number of hydrogen-bond donors (Lipinski definition) is 2. The molecular weight excluding hydrogens is 464 g/mol. The summed E-state index contributed by atoms with van der Waals surface area (Å²) in [5.41, 5.74) is 2.77. The molecule has 2 aromatic carbocycles. The van der Waals surface area contributed by atoms with Gasteiger partial charge in [0.25, 0.3) is 17.7 Å². The second-order valence-corrected chi connectivity index (χ2v) is 8.78. The number of fused-ring (bicyclic) bond motifs is 3. The molecule has 0 radical (unpaired) electrons. The Hall–Kier alpha value is -3.43. The van der Waals surface area contributed by atoms with Crippen molar-refractivity contribution in [3.05, 3.63) is 62.4 Å². The Morgan fingerprint density at radius 3 is 2.39 bits per heavy atom. The van der Waals surface area contributed by atoms with E-state index in [0.717, 1.165) is 10.4 Å². The molecule has 1 aromatic heterocycles. The number of benzene rings is 2. The highest BCUT2D eigenvalue weighted by atomic mass is 35.5. The number of carbonyl (C=O) groups excluding carboxylic acids is 3. The Labute approximate surface area is 199 Å². The summed E-state index contributed by atoms with van der Waals surface area (Å²) < 4.78 is 5.84. The molecule has 3 aromatic rings. The molecular formula is C23H21ClN4O4S. The van der Waals surface area contributed by atoms with Crippen molar-refractivity contribution in [2.45, 2.75) is 6.42 Å². The van der Waals surface area contributed by atoms with Gasteiger partial charge in [0.2, 0.25) is 0 Å². The van der Waals surface area contributed by atoms with Crippen molar-refractivity contribution >= 4 is 46.3 Å². The minimum absolute atomic E-state index is 0.207. The van der Waals surface area contributed by atoms with Gasteiger partial charge in [-0.1, -0.05) is 11.6 Å². The molecule has 4 rings (SSSR count). The predicted molar refractivity (Wildman–Crippen MR) is 128 cm³/mol. The van der Waals surface area contributed by atoms with Crippen molar-refractivity contribution in [1.29, 1.82) is 0 Å². The number of rotatable bonds is 4. The van der Waals surface area contributed by atoms with Crippen LogP contribution in [0.3, 0.4) is 0 Å². The van der Waals surface area contributed by atoms with Gasteiger partial charge >= 0.3 is 0 Å². The maximum Gasteiger partial charge on any atom is 0.287 e. The van der Waals surface area contributed by atoms with E-state index in [9.17, 15) is 14.4 Å². The van der Waals surface area contributed by atoms with Gasteiger partial charge in [-0.15, -0.1) is 11.3 Å². The van der Waals surface area contributed by atoms with Gasteiger partial charge in [0, 0.05) is 49.1 Å². The number of nitrogens with one attached hydrogen (secondary N) is 2. The van der Waals surface area contributed by atoms with E-state index in [0.29, 0.717) is 46.3 Å². The van der Waals surface area contributed by atoms with Crippen LogP contribution in [0.4, 0.5) is 5.69 Å². The number of amides is 3. The molecule has 0 spiro atoms. The topological polar surface area (TPSA) is 101 Å². The number of halogens is 1. The zero-order valence-electron chi connectivity index (χ0n) is 18.2. The fourth-order valence-electron chi connectivity index (χ4n) is 3.52. The summed E-state index contributed by atoms with van der Waals surface area (Å²) in [5, 5.41) is 5.74. The SMILES string of the molecule is CNC(=O)c1ccc(N(C)C(=O)c2nc3c(s2)CCOc2cc(C(=O)NC)ccc2-3)c(Cl)c1. The van der Waals surface area contributed by atoms with Crippen molar-refractivity contribution in [2.75, 3.05) is 32.6 Å². The number of aromatic nitrogens is 1. The van der Waals surface area contributed by atoms with E-state index in [2.05, 4.69) is 15.6 Å². The molecule has 3 amide bonds. The number of anilines is 1. The van der Waals surface area contributed by atoms with Gasteiger partial charge in [-0.25, -0.2) is 4.98 Å². The van der Waals surface area contributed by atoms with Gasteiger partial charge in [-0.05, 0) is 36.4 Å². The van der Waals surface area contributed by atoms with Crippen LogP contribution >= 0.6 is 22.9 Å². The van der Waals surface area contributed by atoms with Crippen LogP contribution in [-0.2, 0) is 6.42 Å². The van der Waals surface area contributed by atoms with Gasteiger partial charge in [0.1, 0.15) is 5.75 Å². The number of ether oxygens (including phenoxy) is 1. The summed E-state index contributed by atoms with van der Waals surface area (Å²) in [5.74, 6) is -0.227. The average molecular weight is 485 g/mol. The molecule has 0 fully saturated rings. The van der Waals surface area contributed by atoms with E-state index in [1.807, 2.05) is 0 Å². The first kappa shape index (κ1) is 22.8. The Balaban J connectivity index is 1.66. The molecule has 0 bridgehead atoms. The van der Waals surface area contributed by atoms with E-state index in [1.165, 1.54) is 29.4 Å². The normalized spacial score (nSPS) is 12.0. The van der Waals surface area contributed by atoms with E-state index < -0.39 is 0 Å². The molecule has 0 aliphatic carbocycles. The Bertz CT molecular complexity index is 1270. The fourth-order valence-corrected chi connectivity index (χ4v) is 4.86. The van der Waals surface area contributed by atoms with Crippen LogP contribution in [0.5, 0.6) is 5.75 Å². The molecule has 1 aliphatic rings. The lowest BCUT2D eigenvalue weighted by Gasteiger charge is -2.18. The third kappa shape index (κ3) is 4.29. The first-order chi connectivity index (χ1) is 15.8. The molecule has 170 valence electrons. The van der Waals surface area contributed by atoms with Gasteiger partial charge in [0.05, 0.1) is 23.0 Å². The first-order valence-electron chi connectivity index (χ1n) is 10.1. The van der Waals surface area contributed by atoms with Crippen LogP contribution < -0.4 is 20.3 Å². The van der Waals surface area contributed by atoms with Crippen molar-refractivity contribution in [3.63, 3.8) is 0 Å². The van der Waals surface area contributed by atoms with E-state index in [1.54, 1.807) is 44.4 Å². The van der Waals surface area contributed by atoms with Crippen molar-refractivity contribution in [1.82, 2.24) is 15.6 Å². The van der Waals surface area contributed by atoms with Crippen LogP contribution in [0, 0.1) is 0 Å². The van der Waals surface area contributed by atoms with Gasteiger partial charge in [-0.3, -0.25) is 14.4 Å². The van der Waals surface area contributed by atoms with Crippen molar-refractivity contribution < 1.29 is 19.1 Å². The minimum Gasteiger partial charge on any atom is -0.492 e. The molecule has 0 unspecified atom stereocenters. The molecule has 2 heterocycles. The lowest BCUT2D eigenvalue weighted by atomic mass is 10.1. The molecule has 1 aliphatic heterocycles. The third-order valence-corrected chi connectivity index (χ3v) is 6.70. The maximum absolute atomic E-state index is 13.2. The van der Waals surface area contributed by atoms with Crippen molar-refractivity contribution in [2.24, 2.45) is 0 Å². The van der Waals surface area contributed by atoms with Crippen LogP contribution in [-0.4, -0.2) is 50.5 Å². The average Bonchev–Trinajstić information content (AvgIpc) is 3.18. The third-order valence-electron chi connectivity index (χ3n) is 5.30. The largest absolute Gasteiger partial charge is 0.492 e. The summed E-state index contributed by atoms with van der Waals surface area (Å²) in [4.78, 5) is 44.0. The zero-order chi connectivity index (χ0) is 23.7. The molecule has 0 saturated carbocycles. The predicted octanol–water partition coefficient (Wildman–Crippen LogP) is 3.39. The monoisotopic (exact) mass is 484 g/mol. The second kappa shape index (κ2) is 9.21. The zero-order valence-corrected chi connectivity index (χ0v) is 19.8. The van der Waals surface area contributed by atoms with Crippen LogP contribution in [0.25, 0.3) is 11.3 Å². The number of carbonyl (C=O) groups is 3.